The van der Waals surface area contributed by atoms with E-state index in [0.29, 0.717) is 25.9 Å². The van der Waals surface area contributed by atoms with Crippen molar-refractivity contribution in [1.29, 1.82) is 0 Å². The van der Waals surface area contributed by atoms with Crippen LogP contribution in [0.5, 0.6) is 0 Å². The number of carbonyl (C=O) groups is 3. The first-order chi connectivity index (χ1) is 8.90. The van der Waals surface area contributed by atoms with Crippen LogP contribution in [0.4, 0.5) is 0 Å². The molecule has 19 heavy (non-hydrogen) atoms. The molecule has 1 amide bonds. The smallest absolute Gasteiger partial charge is 0.317 e. The molecule has 0 heterocycles. The van der Waals surface area contributed by atoms with Crippen LogP contribution in [0.2, 0.25) is 0 Å². The molecule has 0 radical (unpaired) electrons. The van der Waals surface area contributed by atoms with Gasteiger partial charge in [0.15, 0.2) is 0 Å². The Hall–Kier alpha value is -1.63. The zero-order chi connectivity index (χ0) is 14.8. The summed E-state index contributed by atoms with van der Waals surface area (Å²) in [6, 6.07) is 0. The highest BCUT2D eigenvalue weighted by Crippen LogP contribution is 2.00. The van der Waals surface area contributed by atoms with Crippen LogP contribution in [0.3, 0.4) is 0 Å². The van der Waals surface area contributed by atoms with Gasteiger partial charge in [0.25, 0.3) is 0 Å². The number of hydrogen-bond donors (Lipinski definition) is 2. The van der Waals surface area contributed by atoms with Crippen molar-refractivity contribution >= 4 is 17.8 Å². The van der Waals surface area contributed by atoms with E-state index in [1.807, 2.05) is 13.8 Å². The van der Waals surface area contributed by atoms with Gasteiger partial charge in [-0.15, -0.1) is 0 Å². The number of carboxylic acid groups (broad SMARTS) is 2. The summed E-state index contributed by atoms with van der Waals surface area (Å²) in [5, 5.41) is 17.3. The number of rotatable bonds is 10. The number of aliphatic carboxylic acids is 2. The molecule has 7 nitrogen and oxygen atoms in total. The number of nitrogens with zero attached hydrogens (tertiary/aromatic N) is 2. The fourth-order valence-corrected chi connectivity index (χ4v) is 1.78. The Balaban J connectivity index is 4.13. The van der Waals surface area contributed by atoms with Crippen LogP contribution in [0.15, 0.2) is 0 Å². The van der Waals surface area contributed by atoms with Gasteiger partial charge in [0, 0.05) is 19.5 Å². The van der Waals surface area contributed by atoms with Gasteiger partial charge in [0.2, 0.25) is 5.91 Å². The van der Waals surface area contributed by atoms with Crippen molar-refractivity contribution in [3.05, 3.63) is 0 Å². The van der Waals surface area contributed by atoms with Crippen molar-refractivity contribution in [1.82, 2.24) is 9.80 Å². The number of hydrogen-bond acceptors (Lipinski definition) is 4. The molecule has 0 spiro atoms. The molecule has 0 aliphatic carbocycles. The summed E-state index contributed by atoms with van der Waals surface area (Å²) in [6.45, 7) is 4.70. The minimum Gasteiger partial charge on any atom is -0.480 e. The van der Waals surface area contributed by atoms with Crippen LogP contribution in [0.1, 0.15) is 26.7 Å². The molecule has 0 rings (SSSR count). The monoisotopic (exact) mass is 274 g/mol. The second-order valence-corrected chi connectivity index (χ2v) is 4.17. The van der Waals surface area contributed by atoms with E-state index >= 15 is 0 Å². The van der Waals surface area contributed by atoms with E-state index in [0.717, 1.165) is 0 Å². The van der Waals surface area contributed by atoms with Gasteiger partial charge >= 0.3 is 11.9 Å². The lowest BCUT2D eigenvalue weighted by molar-refractivity contribution is -0.141. The van der Waals surface area contributed by atoms with E-state index < -0.39 is 11.9 Å². The van der Waals surface area contributed by atoms with Crippen molar-refractivity contribution < 1.29 is 24.6 Å². The van der Waals surface area contributed by atoms with Gasteiger partial charge in [-0.1, -0.05) is 0 Å². The van der Waals surface area contributed by atoms with E-state index in [-0.39, 0.29) is 25.5 Å². The zero-order valence-electron chi connectivity index (χ0n) is 11.5. The van der Waals surface area contributed by atoms with Crippen molar-refractivity contribution in [2.24, 2.45) is 0 Å². The van der Waals surface area contributed by atoms with Crippen molar-refractivity contribution in [3.8, 4) is 0 Å². The number of carbonyl (C=O) groups excluding carboxylic acids is 1. The van der Waals surface area contributed by atoms with Crippen LogP contribution in [-0.4, -0.2) is 70.6 Å². The van der Waals surface area contributed by atoms with E-state index in [1.165, 1.54) is 4.90 Å². The lowest BCUT2D eigenvalue weighted by atomic mass is 10.2. The molecule has 2 N–H and O–H groups in total. The first kappa shape index (κ1) is 17.4. The van der Waals surface area contributed by atoms with Gasteiger partial charge in [-0.05, 0) is 26.8 Å². The summed E-state index contributed by atoms with van der Waals surface area (Å²) in [5.74, 6) is -2.14. The Labute approximate surface area is 112 Å². The van der Waals surface area contributed by atoms with Gasteiger partial charge in [-0.2, -0.15) is 0 Å². The Morgan fingerprint density at radius 3 is 1.79 bits per heavy atom. The molecule has 0 unspecified atom stereocenters. The maximum atomic E-state index is 11.7. The second-order valence-electron chi connectivity index (χ2n) is 4.17. The topological polar surface area (TPSA) is 98.2 Å². The third kappa shape index (κ3) is 8.15. The summed E-state index contributed by atoms with van der Waals surface area (Å²) in [5.41, 5.74) is 0. The highest BCUT2D eigenvalue weighted by molar-refractivity contribution is 5.76. The van der Waals surface area contributed by atoms with Crippen LogP contribution >= 0.6 is 0 Å². The molecule has 0 fully saturated rings. The molecule has 0 aromatic carbocycles. The van der Waals surface area contributed by atoms with Gasteiger partial charge < -0.3 is 15.1 Å². The summed E-state index contributed by atoms with van der Waals surface area (Å²) >= 11 is 0. The second kappa shape index (κ2) is 9.32. The van der Waals surface area contributed by atoms with Gasteiger partial charge in [0.05, 0.1) is 13.1 Å². The average molecular weight is 274 g/mol. The quantitative estimate of drug-likeness (QED) is 0.586. The SMILES string of the molecule is CCN(CC)C(=O)CCCN(CC(=O)O)CC(=O)O. The average Bonchev–Trinajstić information content (AvgIpc) is 2.28. The van der Waals surface area contributed by atoms with Gasteiger partial charge in [0.1, 0.15) is 0 Å². The Bertz CT molecular complexity index is 299. The molecule has 110 valence electrons. The highest BCUT2D eigenvalue weighted by Gasteiger charge is 2.15. The van der Waals surface area contributed by atoms with Crippen LogP contribution in [0.25, 0.3) is 0 Å². The van der Waals surface area contributed by atoms with Crippen LogP contribution in [0, 0.1) is 0 Å². The van der Waals surface area contributed by atoms with Crippen LogP contribution in [-0.2, 0) is 14.4 Å². The molecule has 0 aliphatic heterocycles. The lowest BCUT2D eigenvalue weighted by Gasteiger charge is -2.20. The van der Waals surface area contributed by atoms with E-state index in [4.69, 9.17) is 10.2 Å². The Morgan fingerprint density at radius 2 is 1.42 bits per heavy atom. The molecule has 0 aromatic heterocycles. The molecular formula is C12H22N2O5. The fourth-order valence-electron chi connectivity index (χ4n) is 1.78. The minimum absolute atomic E-state index is 0.00981. The van der Waals surface area contributed by atoms with Crippen LogP contribution < -0.4 is 0 Å². The number of amides is 1. The van der Waals surface area contributed by atoms with E-state index in [2.05, 4.69) is 0 Å². The molecular weight excluding hydrogens is 252 g/mol. The lowest BCUT2D eigenvalue weighted by Crippen LogP contribution is -2.36. The maximum absolute atomic E-state index is 11.7. The van der Waals surface area contributed by atoms with E-state index in [9.17, 15) is 14.4 Å². The third-order valence-corrected chi connectivity index (χ3v) is 2.70. The summed E-state index contributed by atoms with van der Waals surface area (Å²) in [6.07, 6.45) is 0.757. The number of carboxylic acids is 2. The molecule has 0 bridgehead atoms. The van der Waals surface area contributed by atoms with Gasteiger partial charge in [-0.25, -0.2) is 0 Å². The predicted octanol–water partition coefficient (Wildman–Crippen LogP) is 0.106. The largest absolute Gasteiger partial charge is 0.480 e. The zero-order valence-corrected chi connectivity index (χ0v) is 11.5. The summed E-state index contributed by atoms with van der Waals surface area (Å²) in [7, 11) is 0. The highest BCUT2D eigenvalue weighted by atomic mass is 16.4. The molecule has 7 heteroatoms. The predicted molar refractivity (Wildman–Crippen MR) is 68.9 cm³/mol. The summed E-state index contributed by atoms with van der Waals surface area (Å²) < 4.78 is 0. The van der Waals surface area contributed by atoms with Crippen molar-refractivity contribution in [3.63, 3.8) is 0 Å². The first-order valence-electron chi connectivity index (χ1n) is 6.34. The first-order valence-corrected chi connectivity index (χ1v) is 6.34. The normalized spacial score (nSPS) is 10.5. The molecule has 0 aliphatic rings. The Kier molecular flexibility index (Phi) is 8.52. The molecule has 0 saturated carbocycles. The maximum Gasteiger partial charge on any atom is 0.317 e. The molecule has 0 atom stereocenters. The minimum atomic E-state index is -1.07. The van der Waals surface area contributed by atoms with E-state index in [1.54, 1.807) is 4.90 Å². The molecule has 0 aromatic rings. The van der Waals surface area contributed by atoms with Crippen molar-refractivity contribution in [2.45, 2.75) is 26.7 Å². The standard InChI is InChI=1S/C12H22N2O5/c1-3-14(4-2)10(15)6-5-7-13(8-11(16)17)9-12(18)19/h3-9H2,1-2H3,(H,16,17)(H,18,19). The Morgan fingerprint density at radius 1 is 0.947 bits per heavy atom. The third-order valence-electron chi connectivity index (χ3n) is 2.70. The fraction of sp³-hybridized carbons (Fsp3) is 0.750. The van der Waals surface area contributed by atoms with Crippen molar-refractivity contribution in [2.75, 3.05) is 32.7 Å². The molecule has 0 saturated heterocycles. The van der Waals surface area contributed by atoms with Gasteiger partial charge in [-0.3, -0.25) is 19.3 Å². The summed E-state index contributed by atoms with van der Waals surface area (Å²) in [4.78, 5) is 35.9.